The van der Waals surface area contributed by atoms with E-state index < -0.39 is 0 Å². The number of aryl methyl sites for hydroxylation is 2. The zero-order valence-electron chi connectivity index (χ0n) is 14.6. The van der Waals surface area contributed by atoms with E-state index in [-0.39, 0.29) is 17.9 Å². The molecule has 1 unspecified atom stereocenters. The van der Waals surface area contributed by atoms with Crippen molar-refractivity contribution in [2.24, 2.45) is 7.05 Å². The maximum Gasteiger partial charge on any atom is 0.264 e. The molecule has 2 aromatic rings. The molecule has 0 bridgehead atoms. The van der Waals surface area contributed by atoms with E-state index in [1.807, 2.05) is 34.5 Å². The van der Waals surface area contributed by atoms with Gasteiger partial charge in [0, 0.05) is 44.7 Å². The number of thiophene rings is 1. The van der Waals surface area contributed by atoms with Crippen LogP contribution in [0.3, 0.4) is 0 Å². The van der Waals surface area contributed by atoms with Gasteiger partial charge in [0.05, 0.1) is 17.1 Å². The number of carbonyl (C=O) groups excluding carboxylic acids is 2. The summed E-state index contributed by atoms with van der Waals surface area (Å²) in [5.41, 5.74) is 0.954. The minimum absolute atomic E-state index is 0.0767. The number of hydrogen-bond acceptors (Lipinski definition) is 5. The maximum atomic E-state index is 13.0. The minimum atomic E-state index is 0.0767. The van der Waals surface area contributed by atoms with E-state index in [2.05, 4.69) is 10.4 Å². The van der Waals surface area contributed by atoms with Crippen molar-refractivity contribution in [2.45, 2.75) is 25.8 Å². The number of aromatic nitrogens is 2. The number of nitrogens with one attached hydrogen (secondary N) is 1. The third kappa shape index (κ3) is 2.93. The highest BCUT2D eigenvalue weighted by Gasteiger charge is 2.32. The number of fused-ring (bicyclic) bond motifs is 1. The first-order chi connectivity index (χ1) is 12.0. The van der Waals surface area contributed by atoms with Crippen molar-refractivity contribution >= 4 is 33.4 Å². The summed E-state index contributed by atoms with van der Waals surface area (Å²) < 4.78 is 1.84. The van der Waals surface area contributed by atoms with E-state index in [9.17, 15) is 9.59 Å². The van der Waals surface area contributed by atoms with Crippen LogP contribution in [0.2, 0.25) is 0 Å². The van der Waals surface area contributed by atoms with Crippen molar-refractivity contribution in [3.05, 3.63) is 16.6 Å². The van der Waals surface area contributed by atoms with E-state index in [0.29, 0.717) is 13.1 Å². The molecule has 2 amide bonds. The van der Waals surface area contributed by atoms with Crippen molar-refractivity contribution < 1.29 is 9.59 Å². The van der Waals surface area contributed by atoms with Crippen LogP contribution in [-0.2, 0) is 11.8 Å². The van der Waals surface area contributed by atoms with Gasteiger partial charge in [-0.3, -0.25) is 14.3 Å². The molecule has 4 rings (SSSR count). The van der Waals surface area contributed by atoms with E-state index in [0.717, 1.165) is 53.3 Å². The number of rotatable bonds is 2. The second-order valence-electron chi connectivity index (χ2n) is 6.85. The molecule has 2 saturated heterocycles. The fourth-order valence-electron chi connectivity index (χ4n) is 3.87. The molecule has 0 aliphatic carbocycles. The molecule has 134 valence electrons. The fourth-order valence-corrected chi connectivity index (χ4v) is 4.96. The monoisotopic (exact) mass is 361 g/mol. The van der Waals surface area contributed by atoms with Gasteiger partial charge >= 0.3 is 0 Å². The molecule has 0 radical (unpaired) electrons. The number of piperidine rings is 1. The van der Waals surface area contributed by atoms with Crippen molar-refractivity contribution in [3.8, 4) is 0 Å². The molecule has 25 heavy (non-hydrogen) atoms. The highest BCUT2D eigenvalue weighted by molar-refractivity contribution is 7.20. The lowest BCUT2D eigenvalue weighted by Gasteiger charge is -2.41. The molecule has 0 saturated carbocycles. The number of likely N-dealkylation sites (tertiary alicyclic amines) is 1. The summed E-state index contributed by atoms with van der Waals surface area (Å²) in [6, 6.07) is 2.11. The molecule has 8 heteroatoms. The van der Waals surface area contributed by atoms with Crippen molar-refractivity contribution in [2.75, 3.05) is 32.7 Å². The van der Waals surface area contributed by atoms with Gasteiger partial charge in [-0.25, -0.2) is 0 Å². The first-order valence-electron chi connectivity index (χ1n) is 8.77. The van der Waals surface area contributed by atoms with Crippen molar-refractivity contribution in [1.29, 1.82) is 0 Å². The third-order valence-corrected chi connectivity index (χ3v) is 6.35. The van der Waals surface area contributed by atoms with Crippen molar-refractivity contribution in [1.82, 2.24) is 24.9 Å². The molecule has 7 nitrogen and oxygen atoms in total. The molecule has 1 atom stereocenters. The Kier molecular flexibility index (Phi) is 4.24. The van der Waals surface area contributed by atoms with Crippen LogP contribution in [0.25, 0.3) is 10.2 Å². The third-order valence-electron chi connectivity index (χ3n) is 5.16. The van der Waals surface area contributed by atoms with Gasteiger partial charge in [-0.2, -0.15) is 5.10 Å². The summed E-state index contributed by atoms with van der Waals surface area (Å²) in [7, 11) is 1.91. The fraction of sp³-hybridized carbons (Fsp3) is 0.588. The number of hydrogen-bond donors (Lipinski definition) is 1. The molecule has 2 aliphatic heterocycles. The van der Waals surface area contributed by atoms with Crippen molar-refractivity contribution in [3.63, 3.8) is 0 Å². The van der Waals surface area contributed by atoms with Crippen LogP contribution in [-0.4, -0.2) is 70.2 Å². The highest BCUT2D eigenvalue weighted by Crippen LogP contribution is 2.29. The molecule has 2 aromatic heterocycles. The van der Waals surface area contributed by atoms with Crippen LogP contribution < -0.4 is 5.32 Å². The highest BCUT2D eigenvalue weighted by atomic mass is 32.1. The SMILES string of the molecule is Cc1nn(C)c2sc(C(=O)N3CCCC(N4CCNCC4=O)C3)cc12. The Bertz CT molecular complexity index is 792. The van der Waals surface area contributed by atoms with Crippen LogP contribution in [0.15, 0.2) is 6.07 Å². The largest absolute Gasteiger partial charge is 0.336 e. The predicted molar refractivity (Wildman–Crippen MR) is 96.8 cm³/mol. The van der Waals surface area contributed by atoms with Crippen LogP contribution >= 0.6 is 11.3 Å². The Labute approximate surface area is 150 Å². The average Bonchev–Trinajstić information content (AvgIpc) is 3.17. The molecule has 2 fully saturated rings. The predicted octanol–water partition coefficient (Wildman–Crippen LogP) is 0.980. The van der Waals surface area contributed by atoms with Crippen LogP contribution in [0, 0.1) is 6.92 Å². The lowest BCUT2D eigenvalue weighted by Crippen LogP contribution is -2.57. The zero-order valence-corrected chi connectivity index (χ0v) is 15.4. The molecule has 4 heterocycles. The lowest BCUT2D eigenvalue weighted by molar-refractivity contribution is -0.135. The Morgan fingerprint density at radius 2 is 2.24 bits per heavy atom. The van der Waals surface area contributed by atoms with Gasteiger partial charge in [0.2, 0.25) is 5.91 Å². The lowest BCUT2D eigenvalue weighted by atomic mass is 10.0. The second kappa shape index (κ2) is 6.42. The molecule has 2 aliphatic rings. The maximum absolute atomic E-state index is 13.0. The normalized spacial score (nSPS) is 22.0. The number of carbonyl (C=O) groups is 2. The topological polar surface area (TPSA) is 70.5 Å². The van der Waals surface area contributed by atoms with E-state index in [1.54, 1.807) is 0 Å². The van der Waals surface area contributed by atoms with Gasteiger partial charge in [0.15, 0.2) is 0 Å². The summed E-state index contributed by atoms with van der Waals surface area (Å²) in [5.74, 6) is 0.224. The molecule has 0 aromatic carbocycles. The van der Waals surface area contributed by atoms with Gasteiger partial charge in [-0.1, -0.05) is 0 Å². The van der Waals surface area contributed by atoms with E-state index in [4.69, 9.17) is 0 Å². The Morgan fingerprint density at radius 1 is 1.40 bits per heavy atom. The summed E-state index contributed by atoms with van der Waals surface area (Å²) in [6.07, 6.45) is 1.92. The number of amides is 2. The smallest absolute Gasteiger partial charge is 0.264 e. The van der Waals surface area contributed by atoms with Crippen LogP contribution in [0.1, 0.15) is 28.2 Å². The standard InChI is InChI=1S/C17H23N5O2S/c1-11-13-8-14(25-17(13)20(2)19-11)16(24)21-6-3-4-12(10-21)22-7-5-18-9-15(22)23/h8,12,18H,3-7,9-10H2,1-2H3. The molecule has 0 spiro atoms. The first kappa shape index (κ1) is 16.5. The quantitative estimate of drug-likeness (QED) is 0.866. The molecular weight excluding hydrogens is 338 g/mol. The van der Waals surface area contributed by atoms with Gasteiger partial charge in [-0.15, -0.1) is 11.3 Å². The minimum Gasteiger partial charge on any atom is -0.336 e. The Morgan fingerprint density at radius 3 is 3.00 bits per heavy atom. The number of nitrogens with zero attached hydrogens (tertiary/aromatic N) is 4. The number of piperazine rings is 1. The van der Waals surface area contributed by atoms with E-state index >= 15 is 0 Å². The second-order valence-corrected chi connectivity index (χ2v) is 7.88. The molecule has 1 N–H and O–H groups in total. The summed E-state index contributed by atoms with van der Waals surface area (Å²) in [4.78, 5) is 30.8. The summed E-state index contributed by atoms with van der Waals surface area (Å²) >= 11 is 1.50. The van der Waals surface area contributed by atoms with Gasteiger partial charge < -0.3 is 15.1 Å². The van der Waals surface area contributed by atoms with Gasteiger partial charge in [0.1, 0.15) is 4.83 Å². The van der Waals surface area contributed by atoms with E-state index in [1.165, 1.54) is 11.3 Å². The van der Waals surface area contributed by atoms with Gasteiger partial charge in [-0.05, 0) is 25.8 Å². The van der Waals surface area contributed by atoms with Crippen LogP contribution in [0.4, 0.5) is 0 Å². The summed E-state index contributed by atoms with van der Waals surface area (Å²) in [6.45, 7) is 5.35. The van der Waals surface area contributed by atoms with Gasteiger partial charge in [0.25, 0.3) is 5.91 Å². The molecular formula is C17H23N5O2S. The summed E-state index contributed by atoms with van der Waals surface area (Å²) in [5, 5.41) is 8.56. The Balaban J connectivity index is 1.52. The Hall–Kier alpha value is -1.93. The van der Waals surface area contributed by atoms with Crippen LogP contribution in [0.5, 0.6) is 0 Å². The first-order valence-corrected chi connectivity index (χ1v) is 9.59. The zero-order chi connectivity index (χ0) is 17.6. The average molecular weight is 361 g/mol.